The number of hydrogen-bond donors (Lipinski definition) is 0. The van der Waals surface area contributed by atoms with Gasteiger partial charge in [-0.1, -0.05) is 36.4 Å². The van der Waals surface area contributed by atoms with Crippen LogP contribution in [0.5, 0.6) is 0 Å². The molecule has 182 valence electrons. The zero-order chi connectivity index (χ0) is 25.2. The highest BCUT2D eigenvalue weighted by Gasteiger charge is 2.42. The molecule has 0 saturated heterocycles. The molecule has 4 heteroatoms. The number of para-hydroxylation sites is 1. The van der Waals surface area contributed by atoms with E-state index in [1.54, 1.807) is 0 Å². The summed E-state index contributed by atoms with van der Waals surface area (Å²) in [4.78, 5) is 5.15. The Kier molecular flexibility index (Phi) is 4.65. The zero-order valence-electron chi connectivity index (χ0n) is 21.0. The molecule has 2 atom stereocenters. The summed E-state index contributed by atoms with van der Waals surface area (Å²) in [6, 6.07) is 32.6. The molecule has 2 aromatic carbocycles. The van der Waals surface area contributed by atoms with E-state index in [2.05, 4.69) is 107 Å². The van der Waals surface area contributed by atoms with Crippen LogP contribution < -0.4 is 9.13 Å². The molecule has 6 heterocycles. The number of nitrogens with zero attached hydrogens (tertiary/aromatic N) is 3. The number of hydrogen-bond acceptors (Lipinski definition) is 2. The Morgan fingerprint density at radius 3 is 2.55 bits per heavy atom. The maximum Gasteiger partial charge on any atom is 0.237 e. The fraction of sp³-hybridized carbons (Fsp3) is 0.147. The van der Waals surface area contributed by atoms with Crippen LogP contribution in [0, 0.1) is 0 Å². The molecule has 0 bridgehead atoms. The van der Waals surface area contributed by atoms with Gasteiger partial charge in [0.15, 0.2) is 24.1 Å². The van der Waals surface area contributed by atoms with Crippen molar-refractivity contribution in [1.82, 2.24) is 4.98 Å². The van der Waals surface area contributed by atoms with Gasteiger partial charge >= 0.3 is 0 Å². The second-order valence-corrected chi connectivity index (χ2v) is 10.5. The molecule has 38 heavy (non-hydrogen) atoms. The van der Waals surface area contributed by atoms with Crippen LogP contribution in [0.2, 0.25) is 0 Å². The highest BCUT2D eigenvalue weighted by molar-refractivity contribution is 6.04. The summed E-state index contributed by atoms with van der Waals surface area (Å²) in [5.41, 5.74) is 9.96. The Morgan fingerprint density at radius 2 is 1.61 bits per heavy atom. The Balaban J connectivity index is 1.37. The highest BCUT2D eigenvalue weighted by atomic mass is 16.3. The topological polar surface area (TPSA) is 33.8 Å². The number of aryl methyl sites for hydroxylation is 1. The lowest BCUT2D eigenvalue weighted by Gasteiger charge is -2.31. The Labute approximate surface area is 221 Å². The Hall–Kier alpha value is -4.57. The lowest BCUT2D eigenvalue weighted by atomic mass is 9.77. The van der Waals surface area contributed by atoms with Gasteiger partial charge in [0.05, 0.1) is 6.42 Å². The van der Waals surface area contributed by atoms with E-state index in [4.69, 9.17) is 9.40 Å². The molecule has 0 radical (unpaired) electrons. The van der Waals surface area contributed by atoms with Crippen molar-refractivity contribution in [2.24, 2.45) is 0 Å². The molecule has 0 amide bonds. The minimum atomic E-state index is 0.280. The number of rotatable bonds is 0. The number of pyridine rings is 3. The monoisotopic (exact) mass is 493 g/mol. The SMILES string of the molecule is C=C1CC2C(CCc3cc4c(nc3-c3cccc[n+]31)oc1ccccc14)c1ccccc1-c1cccc[n+]12. The first kappa shape index (κ1) is 21.5. The largest absolute Gasteiger partial charge is 0.438 e. The van der Waals surface area contributed by atoms with Crippen molar-refractivity contribution < 1.29 is 13.6 Å². The number of furan rings is 1. The van der Waals surface area contributed by atoms with Crippen LogP contribution in [0.15, 0.2) is 114 Å². The molecule has 0 saturated carbocycles. The first-order valence-electron chi connectivity index (χ1n) is 13.4. The van der Waals surface area contributed by atoms with Crippen molar-refractivity contribution in [2.75, 3.05) is 0 Å². The van der Waals surface area contributed by atoms with E-state index >= 15 is 0 Å². The molecule has 2 unspecified atom stereocenters. The standard InChI is InChI=1S/C34H27N3O/c1-22-20-31-26(24-10-2-3-11-25(24)29-13-6-9-19-37(29)31)17-16-23-21-28-27-12-4-5-15-32(27)38-34(28)35-33(23)30-14-7-8-18-36(22)30/h2-15,18-19,21,26,31H,1,16-17,20H2/q+2. The molecule has 6 aromatic rings. The predicted octanol–water partition coefficient (Wildman–Crippen LogP) is 7.04. The third-order valence-electron chi connectivity index (χ3n) is 8.41. The molecule has 0 spiro atoms. The van der Waals surface area contributed by atoms with Crippen LogP contribution in [0.25, 0.3) is 50.4 Å². The molecular weight excluding hydrogens is 466 g/mol. The van der Waals surface area contributed by atoms with Crippen molar-refractivity contribution in [1.29, 1.82) is 0 Å². The van der Waals surface area contributed by atoms with Crippen LogP contribution in [0.1, 0.15) is 35.9 Å². The van der Waals surface area contributed by atoms with E-state index in [9.17, 15) is 0 Å². The van der Waals surface area contributed by atoms with Gasteiger partial charge in [-0.05, 0) is 60.9 Å². The van der Waals surface area contributed by atoms with Crippen molar-refractivity contribution >= 4 is 27.8 Å². The average molecular weight is 494 g/mol. The normalized spacial score (nSPS) is 18.3. The van der Waals surface area contributed by atoms with Gasteiger partial charge in [0.1, 0.15) is 11.3 Å². The number of benzene rings is 2. The molecule has 8 rings (SSSR count). The molecule has 0 aliphatic carbocycles. The molecule has 2 aliphatic rings. The summed E-state index contributed by atoms with van der Waals surface area (Å²) in [6.45, 7) is 4.62. The van der Waals surface area contributed by atoms with Gasteiger partial charge in [-0.25, -0.2) is 4.98 Å². The third-order valence-corrected chi connectivity index (χ3v) is 8.41. The molecule has 2 aliphatic heterocycles. The summed E-state index contributed by atoms with van der Waals surface area (Å²) < 4.78 is 10.9. The van der Waals surface area contributed by atoms with Crippen LogP contribution in [-0.2, 0) is 6.42 Å². The van der Waals surface area contributed by atoms with E-state index in [1.165, 1.54) is 22.4 Å². The van der Waals surface area contributed by atoms with E-state index in [-0.39, 0.29) is 6.04 Å². The minimum Gasteiger partial charge on any atom is -0.438 e. The quantitative estimate of drug-likeness (QED) is 0.213. The maximum atomic E-state index is 6.21. The van der Waals surface area contributed by atoms with Crippen LogP contribution in [0.3, 0.4) is 0 Å². The minimum absolute atomic E-state index is 0.280. The van der Waals surface area contributed by atoms with Crippen molar-refractivity contribution in [3.8, 4) is 22.6 Å². The number of aromatic nitrogens is 3. The summed E-state index contributed by atoms with van der Waals surface area (Å²) in [6.07, 6.45) is 7.17. The summed E-state index contributed by atoms with van der Waals surface area (Å²) in [7, 11) is 0. The Morgan fingerprint density at radius 1 is 0.816 bits per heavy atom. The summed E-state index contributed by atoms with van der Waals surface area (Å²) in [5.74, 6) is 0.360. The van der Waals surface area contributed by atoms with Crippen molar-refractivity contribution in [3.63, 3.8) is 0 Å². The molecule has 4 nitrogen and oxygen atoms in total. The third kappa shape index (κ3) is 3.13. The fourth-order valence-corrected chi connectivity index (χ4v) is 6.68. The van der Waals surface area contributed by atoms with Crippen LogP contribution in [-0.4, -0.2) is 4.98 Å². The second-order valence-electron chi connectivity index (χ2n) is 10.5. The van der Waals surface area contributed by atoms with Gasteiger partial charge in [-0.2, -0.15) is 9.13 Å². The molecule has 4 aromatic heterocycles. The average Bonchev–Trinajstić information content (AvgIpc) is 3.33. The van der Waals surface area contributed by atoms with Crippen molar-refractivity contribution in [2.45, 2.75) is 31.2 Å². The van der Waals surface area contributed by atoms with Gasteiger partial charge in [0.25, 0.3) is 0 Å². The molecule has 0 fully saturated rings. The summed E-state index contributed by atoms with van der Waals surface area (Å²) in [5, 5.41) is 2.20. The number of fused-ring (bicyclic) bond motifs is 12. The van der Waals surface area contributed by atoms with Crippen LogP contribution in [0.4, 0.5) is 0 Å². The first-order chi connectivity index (χ1) is 18.8. The number of allylic oxidation sites excluding steroid dienone is 1. The second kappa shape index (κ2) is 8.22. The maximum absolute atomic E-state index is 6.21. The smallest absolute Gasteiger partial charge is 0.237 e. The predicted molar refractivity (Wildman–Crippen MR) is 149 cm³/mol. The van der Waals surface area contributed by atoms with Crippen molar-refractivity contribution in [3.05, 3.63) is 121 Å². The molecular formula is C34H27N3O+2. The Bertz CT molecular complexity index is 1900. The molecule has 0 N–H and O–H groups in total. The van der Waals surface area contributed by atoms with E-state index in [0.717, 1.165) is 52.7 Å². The van der Waals surface area contributed by atoms with Crippen LogP contribution >= 0.6 is 0 Å². The zero-order valence-corrected chi connectivity index (χ0v) is 21.0. The van der Waals surface area contributed by atoms with Gasteiger partial charge in [-0.15, -0.1) is 0 Å². The van der Waals surface area contributed by atoms with Gasteiger partial charge in [0, 0.05) is 46.5 Å². The van der Waals surface area contributed by atoms with E-state index in [1.807, 2.05) is 12.1 Å². The highest BCUT2D eigenvalue weighted by Crippen LogP contribution is 2.44. The fourth-order valence-electron chi connectivity index (χ4n) is 6.68. The van der Waals surface area contributed by atoms with E-state index in [0.29, 0.717) is 11.6 Å². The first-order valence-corrected chi connectivity index (χ1v) is 13.4. The summed E-state index contributed by atoms with van der Waals surface area (Å²) >= 11 is 0. The van der Waals surface area contributed by atoms with Gasteiger partial charge in [0.2, 0.25) is 17.1 Å². The van der Waals surface area contributed by atoms with E-state index < -0.39 is 0 Å². The lowest BCUT2D eigenvalue weighted by Crippen LogP contribution is -2.49. The lowest BCUT2D eigenvalue weighted by molar-refractivity contribution is -0.720. The van der Waals surface area contributed by atoms with Gasteiger partial charge in [-0.3, -0.25) is 0 Å². The van der Waals surface area contributed by atoms with Gasteiger partial charge < -0.3 is 4.42 Å².